The molecule has 0 bridgehead atoms. The fraction of sp³-hybridized carbons (Fsp3) is 0.350. The number of likely N-dealkylation sites (N-methyl/N-ethyl adjacent to an activating group) is 1. The van der Waals surface area contributed by atoms with E-state index in [9.17, 15) is 4.79 Å². The molecule has 1 N–H and O–H groups in total. The minimum absolute atomic E-state index is 0.0172. The summed E-state index contributed by atoms with van der Waals surface area (Å²) in [6.07, 6.45) is 1.83. The molecule has 2 heterocycles. The first-order valence-corrected chi connectivity index (χ1v) is 8.81. The molecule has 3 aromatic rings. The van der Waals surface area contributed by atoms with Crippen molar-refractivity contribution in [1.82, 2.24) is 19.7 Å². The molecule has 1 aromatic carbocycles. The lowest BCUT2D eigenvalue weighted by atomic mass is 10.0. The molecule has 0 aliphatic rings. The number of aromatic nitrogens is 3. The van der Waals surface area contributed by atoms with Gasteiger partial charge in [0.15, 0.2) is 5.82 Å². The van der Waals surface area contributed by atoms with Crippen molar-refractivity contribution < 1.29 is 4.74 Å². The lowest BCUT2D eigenvalue weighted by Gasteiger charge is -2.31. The molecule has 0 saturated carbocycles. The minimum atomic E-state index is -0.104. The third kappa shape index (κ3) is 3.78. The molecular weight excluding hydrogens is 342 g/mol. The predicted molar refractivity (Wildman–Crippen MR) is 107 cm³/mol. The second-order valence-electron chi connectivity index (χ2n) is 6.80. The summed E-state index contributed by atoms with van der Waals surface area (Å²) < 4.78 is 6.53. The van der Waals surface area contributed by atoms with Gasteiger partial charge in [-0.25, -0.2) is 9.67 Å². The summed E-state index contributed by atoms with van der Waals surface area (Å²) >= 11 is 0. The van der Waals surface area contributed by atoms with Gasteiger partial charge in [0, 0.05) is 30.7 Å². The van der Waals surface area contributed by atoms with Gasteiger partial charge in [-0.1, -0.05) is 24.3 Å². The maximum Gasteiger partial charge on any atom is 0.274 e. The Kier molecular flexibility index (Phi) is 5.41. The van der Waals surface area contributed by atoms with Crippen LogP contribution in [-0.4, -0.2) is 46.9 Å². The number of methoxy groups -OCH3 is 1. The molecular formula is C20H25N5O2. The highest BCUT2D eigenvalue weighted by molar-refractivity contribution is 5.90. The summed E-state index contributed by atoms with van der Waals surface area (Å²) in [6.45, 7) is 2.09. The molecule has 0 radical (unpaired) electrons. The monoisotopic (exact) mass is 367 g/mol. The summed E-state index contributed by atoms with van der Waals surface area (Å²) in [4.78, 5) is 18.8. The summed E-state index contributed by atoms with van der Waals surface area (Å²) in [7, 11) is 7.33. The number of nitrogens with one attached hydrogen (secondary N) is 1. The second-order valence-corrected chi connectivity index (χ2v) is 6.80. The number of fused-ring (bicyclic) bond motifs is 1. The molecule has 7 heteroatoms. The summed E-state index contributed by atoms with van der Waals surface area (Å²) in [5.74, 6) is 1.27. The zero-order valence-electron chi connectivity index (χ0n) is 16.3. The van der Waals surface area contributed by atoms with Crippen molar-refractivity contribution in [3.8, 4) is 5.88 Å². The molecule has 0 spiro atoms. The van der Waals surface area contributed by atoms with Crippen molar-refractivity contribution in [3.05, 3.63) is 58.5 Å². The van der Waals surface area contributed by atoms with Crippen LogP contribution in [0, 0.1) is 0 Å². The van der Waals surface area contributed by atoms with Gasteiger partial charge in [-0.05, 0) is 32.6 Å². The van der Waals surface area contributed by atoms with E-state index in [2.05, 4.69) is 27.2 Å². The molecule has 2 aromatic heterocycles. The van der Waals surface area contributed by atoms with E-state index in [-0.39, 0.29) is 17.6 Å². The van der Waals surface area contributed by atoms with Gasteiger partial charge in [0.25, 0.3) is 5.56 Å². The van der Waals surface area contributed by atoms with E-state index in [0.29, 0.717) is 17.1 Å². The standard InChI is InChI=1S/C20H25N5O2/c1-13(18(24(2)3)14-10-11-17(27-5)21-12-14)22-19-15-8-6-7-9-16(15)20(26)25(4)23-19/h6-13,18H,1-5H3,(H,22,23)/t13-,18+/m0/s1. The highest BCUT2D eigenvalue weighted by Gasteiger charge is 2.23. The first-order valence-electron chi connectivity index (χ1n) is 8.81. The number of nitrogens with zero attached hydrogens (tertiary/aromatic N) is 4. The molecule has 2 atom stereocenters. The molecule has 0 unspecified atom stereocenters. The van der Waals surface area contributed by atoms with Crippen LogP contribution >= 0.6 is 0 Å². The maximum atomic E-state index is 12.3. The van der Waals surface area contributed by atoms with Gasteiger partial charge >= 0.3 is 0 Å². The van der Waals surface area contributed by atoms with Gasteiger partial charge in [-0.3, -0.25) is 4.79 Å². The van der Waals surface area contributed by atoms with Gasteiger partial charge in [-0.15, -0.1) is 0 Å². The number of pyridine rings is 1. The lowest BCUT2D eigenvalue weighted by Crippen LogP contribution is -2.35. The number of rotatable bonds is 6. The number of anilines is 1. The van der Waals surface area contributed by atoms with Crippen LogP contribution in [0.4, 0.5) is 5.82 Å². The number of benzene rings is 1. The Balaban J connectivity index is 1.97. The Morgan fingerprint density at radius 2 is 1.85 bits per heavy atom. The summed E-state index contributed by atoms with van der Waals surface area (Å²) in [5.41, 5.74) is 0.960. The second kappa shape index (κ2) is 7.75. The Morgan fingerprint density at radius 3 is 2.44 bits per heavy atom. The van der Waals surface area contributed by atoms with Crippen molar-refractivity contribution in [2.75, 3.05) is 26.5 Å². The summed E-state index contributed by atoms with van der Waals surface area (Å²) in [6, 6.07) is 11.5. The molecule has 0 amide bonds. The fourth-order valence-electron chi connectivity index (χ4n) is 3.42. The van der Waals surface area contributed by atoms with Gasteiger partial charge in [0.05, 0.1) is 18.5 Å². The Hall–Kier alpha value is -2.93. The smallest absolute Gasteiger partial charge is 0.274 e. The molecule has 27 heavy (non-hydrogen) atoms. The third-order valence-corrected chi connectivity index (χ3v) is 4.66. The highest BCUT2D eigenvalue weighted by atomic mass is 16.5. The zero-order valence-corrected chi connectivity index (χ0v) is 16.3. The largest absolute Gasteiger partial charge is 0.481 e. The normalized spacial score (nSPS) is 13.6. The first-order chi connectivity index (χ1) is 12.9. The van der Waals surface area contributed by atoms with Crippen LogP contribution < -0.4 is 15.6 Å². The number of hydrogen-bond acceptors (Lipinski definition) is 6. The van der Waals surface area contributed by atoms with Crippen molar-refractivity contribution in [2.45, 2.75) is 19.0 Å². The molecule has 0 saturated heterocycles. The van der Waals surface area contributed by atoms with E-state index in [0.717, 1.165) is 10.9 Å². The number of ether oxygens (including phenoxy) is 1. The van der Waals surface area contributed by atoms with Crippen LogP contribution in [0.5, 0.6) is 5.88 Å². The van der Waals surface area contributed by atoms with Crippen LogP contribution in [0.25, 0.3) is 10.8 Å². The Labute approximate surface area is 158 Å². The van der Waals surface area contributed by atoms with Crippen molar-refractivity contribution >= 4 is 16.6 Å². The van der Waals surface area contributed by atoms with Crippen molar-refractivity contribution in [2.24, 2.45) is 7.05 Å². The van der Waals surface area contributed by atoms with Crippen molar-refractivity contribution in [1.29, 1.82) is 0 Å². The van der Waals surface area contributed by atoms with Crippen LogP contribution in [0.3, 0.4) is 0 Å². The third-order valence-electron chi connectivity index (χ3n) is 4.66. The molecule has 142 valence electrons. The topological polar surface area (TPSA) is 72.3 Å². The Bertz CT molecular complexity index is 982. The minimum Gasteiger partial charge on any atom is -0.481 e. The van der Waals surface area contributed by atoms with Gasteiger partial charge in [-0.2, -0.15) is 5.10 Å². The van der Waals surface area contributed by atoms with Crippen LogP contribution in [0.15, 0.2) is 47.4 Å². The SMILES string of the molecule is COc1ccc([C@@H]([C@H](C)Nc2nn(C)c(=O)c3ccccc23)N(C)C)cn1. The molecule has 0 aliphatic heterocycles. The number of aryl methyl sites for hydroxylation is 1. The van der Waals surface area contributed by atoms with Gasteiger partial charge < -0.3 is 15.0 Å². The zero-order chi connectivity index (χ0) is 19.6. The molecule has 0 aliphatic carbocycles. The molecule has 3 rings (SSSR count). The van der Waals surface area contributed by atoms with E-state index in [4.69, 9.17) is 4.74 Å². The van der Waals surface area contributed by atoms with E-state index >= 15 is 0 Å². The van der Waals surface area contributed by atoms with E-state index in [1.807, 2.05) is 56.7 Å². The number of hydrogen-bond donors (Lipinski definition) is 1. The van der Waals surface area contributed by atoms with Crippen molar-refractivity contribution in [3.63, 3.8) is 0 Å². The van der Waals surface area contributed by atoms with E-state index < -0.39 is 0 Å². The molecule has 7 nitrogen and oxygen atoms in total. The first kappa shape index (κ1) is 18.8. The van der Waals surface area contributed by atoms with Gasteiger partial charge in [0.2, 0.25) is 5.88 Å². The Morgan fingerprint density at radius 1 is 1.15 bits per heavy atom. The maximum absolute atomic E-state index is 12.3. The fourth-order valence-corrected chi connectivity index (χ4v) is 3.42. The van der Waals surface area contributed by atoms with Crippen LogP contribution in [0.1, 0.15) is 18.5 Å². The molecule has 0 fully saturated rings. The van der Waals surface area contributed by atoms with E-state index in [1.165, 1.54) is 4.68 Å². The van der Waals surface area contributed by atoms with Gasteiger partial charge in [0.1, 0.15) is 0 Å². The average Bonchev–Trinajstić information content (AvgIpc) is 2.66. The highest BCUT2D eigenvalue weighted by Crippen LogP contribution is 2.26. The predicted octanol–water partition coefficient (Wildman–Crippen LogP) is 2.44. The van der Waals surface area contributed by atoms with E-state index in [1.54, 1.807) is 14.2 Å². The lowest BCUT2D eigenvalue weighted by molar-refractivity contribution is 0.274. The van der Waals surface area contributed by atoms with Crippen LogP contribution in [0.2, 0.25) is 0 Å². The quantitative estimate of drug-likeness (QED) is 0.721. The van der Waals surface area contributed by atoms with Crippen LogP contribution in [-0.2, 0) is 7.05 Å². The average molecular weight is 367 g/mol. The summed E-state index contributed by atoms with van der Waals surface area (Å²) in [5, 5.41) is 9.40.